The Morgan fingerprint density at radius 3 is 2.51 bits per heavy atom. The number of rotatable bonds is 8. The third-order valence-corrected chi connectivity index (χ3v) is 7.10. The minimum atomic E-state index is -0.870. The second-order valence-corrected chi connectivity index (χ2v) is 9.63. The number of thiazole rings is 1. The molecule has 0 fully saturated rings. The highest BCUT2D eigenvalue weighted by molar-refractivity contribution is 7.07. The first-order valence-corrected chi connectivity index (χ1v) is 13.2. The maximum Gasteiger partial charge on any atom is 0.338 e. The van der Waals surface area contributed by atoms with Gasteiger partial charge in [0, 0.05) is 11.1 Å². The quantitative estimate of drug-likeness (QED) is 0.241. The van der Waals surface area contributed by atoms with Gasteiger partial charge in [0.1, 0.15) is 18.2 Å². The smallest absolute Gasteiger partial charge is 0.338 e. The second kappa shape index (κ2) is 11.4. The van der Waals surface area contributed by atoms with Gasteiger partial charge in [-0.2, -0.15) is 0 Å². The molecular formula is C31H25FN2O4S. The summed E-state index contributed by atoms with van der Waals surface area (Å²) >= 11 is 1.21. The number of benzene rings is 3. The Bertz CT molecular complexity index is 1740. The first-order chi connectivity index (χ1) is 19.0. The van der Waals surface area contributed by atoms with Crippen LogP contribution in [0.1, 0.15) is 29.7 Å². The lowest BCUT2D eigenvalue weighted by Gasteiger charge is -2.25. The van der Waals surface area contributed by atoms with Gasteiger partial charge >= 0.3 is 5.97 Å². The highest BCUT2D eigenvalue weighted by Crippen LogP contribution is 2.35. The number of halogens is 1. The maximum atomic E-state index is 13.9. The molecule has 0 bridgehead atoms. The van der Waals surface area contributed by atoms with Crippen LogP contribution in [0, 0.1) is 5.82 Å². The standard InChI is InChI=1S/C31H25FN2O4S/c1-3-18-38-24-13-9-8-12-22(24)19-25-29(35)34-28(21-14-16-23(32)17-15-21)26(30(36)37-4-2)27(33-31(34)39-25)20-10-6-5-7-11-20/h3,5-17,19,28H,1,4,18H2,2H3/b25-19+/t28-/m1/s1. The first kappa shape index (κ1) is 26.1. The van der Waals surface area contributed by atoms with E-state index < -0.39 is 17.8 Å². The number of carbonyl (C=O) groups is 1. The van der Waals surface area contributed by atoms with Crippen molar-refractivity contribution in [3.05, 3.63) is 139 Å². The zero-order valence-electron chi connectivity index (χ0n) is 21.2. The minimum Gasteiger partial charge on any atom is -0.489 e. The Kier molecular flexibility index (Phi) is 7.65. The number of fused-ring (bicyclic) bond motifs is 1. The second-order valence-electron chi connectivity index (χ2n) is 8.62. The fraction of sp³-hybridized carbons (Fsp3) is 0.129. The fourth-order valence-electron chi connectivity index (χ4n) is 4.42. The number of para-hydroxylation sites is 1. The van der Waals surface area contributed by atoms with E-state index in [-0.39, 0.29) is 17.7 Å². The normalized spacial score (nSPS) is 14.9. The van der Waals surface area contributed by atoms with Crippen LogP contribution in [0.25, 0.3) is 11.8 Å². The first-order valence-electron chi connectivity index (χ1n) is 12.4. The molecule has 3 aromatic carbocycles. The molecule has 8 heteroatoms. The molecule has 6 nitrogen and oxygen atoms in total. The largest absolute Gasteiger partial charge is 0.489 e. The number of nitrogens with zero attached hydrogens (tertiary/aromatic N) is 2. The van der Waals surface area contributed by atoms with Gasteiger partial charge < -0.3 is 9.47 Å². The predicted molar refractivity (Wildman–Crippen MR) is 150 cm³/mol. The van der Waals surface area contributed by atoms with Crippen molar-refractivity contribution in [1.82, 2.24) is 4.57 Å². The van der Waals surface area contributed by atoms with Crippen LogP contribution in [0.4, 0.5) is 4.39 Å². The van der Waals surface area contributed by atoms with E-state index in [1.165, 1.54) is 28.0 Å². The summed E-state index contributed by atoms with van der Waals surface area (Å²) in [5.74, 6) is -0.408. The van der Waals surface area contributed by atoms with Crippen molar-refractivity contribution in [2.75, 3.05) is 13.2 Å². The van der Waals surface area contributed by atoms with Crippen molar-refractivity contribution < 1.29 is 18.7 Å². The van der Waals surface area contributed by atoms with Crippen LogP contribution in [-0.4, -0.2) is 23.8 Å². The molecule has 0 saturated heterocycles. The molecule has 2 heterocycles. The molecule has 0 aliphatic carbocycles. The maximum absolute atomic E-state index is 13.9. The van der Waals surface area contributed by atoms with Gasteiger partial charge in [0.15, 0.2) is 4.80 Å². The molecule has 1 aliphatic rings. The Labute approximate surface area is 228 Å². The van der Waals surface area contributed by atoms with Gasteiger partial charge in [-0.15, -0.1) is 0 Å². The van der Waals surface area contributed by atoms with Crippen molar-refractivity contribution in [2.24, 2.45) is 4.99 Å². The molecule has 39 heavy (non-hydrogen) atoms. The van der Waals surface area contributed by atoms with E-state index in [0.29, 0.717) is 38.5 Å². The Morgan fingerprint density at radius 1 is 1.08 bits per heavy atom. The summed E-state index contributed by atoms with van der Waals surface area (Å²) in [6, 6.07) is 21.5. The van der Waals surface area contributed by atoms with E-state index in [0.717, 1.165) is 5.56 Å². The topological polar surface area (TPSA) is 69.9 Å². The number of hydrogen-bond donors (Lipinski definition) is 0. The van der Waals surface area contributed by atoms with Gasteiger partial charge in [-0.1, -0.05) is 84.7 Å². The van der Waals surface area contributed by atoms with Crippen LogP contribution in [0.2, 0.25) is 0 Å². The predicted octanol–water partition coefficient (Wildman–Crippen LogP) is 4.64. The van der Waals surface area contributed by atoms with Gasteiger partial charge in [-0.25, -0.2) is 14.2 Å². The molecule has 0 unspecified atom stereocenters. The van der Waals surface area contributed by atoms with E-state index in [9.17, 15) is 14.0 Å². The molecule has 5 rings (SSSR count). The van der Waals surface area contributed by atoms with Crippen molar-refractivity contribution in [2.45, 2.75) is 13.0 Å². The zero-order valence-corrected chi connectivity index (χ0v) is 22.0. The molecule has 0 N–H and O–H groups in total. The van der Waals surface area contributed by atoms with Crippen LogP contribution >= 0.6 is 11.3 Å². The monoisotopic (exact) mass is 540 g/mol. The van der Waals surface area contributed by atoms with Gasteiger partial charge in [-0.05, 0) is 36.8 Å². The molecule has 1 aromatic heterocycles. The number of hydrogen-bond acceptors (Lipinski definition) is 6. The van der Waals surface area contributed by atoms with Crippen LogP contribution in [0.3, 0.4) is 0 Å². The van der Waals surface area contributed by atoms with Crippen LogP contribution < -0.4 is 19.6 Å². The number of carbonyl (C=O) groups excluding carboxylic acids is 1. The number of aromatic nitrogens is 1. The Balaban J connectivity index is 1.80. The van der Waals surface area contributed by atoms with Gasteiger partial charge in [0.25, 0.3) is 5.56 Å². The molecule has 196 valence electrons. The zero-order chi connectivity index (χ0) is 27.4. The molecule has 4 aromatic rings. The van der Waals surface area contributed by atoms with Gasteiger partial charge in [0.2, 0.25) is 0 Å². The summed E-state index contributed by atoms with van der Waals surface area (Å²) in [5, 5.41) is 0. The summed E-state index contributed by atoms with van der Waals surface area (Å²) in [6.45, 7) is 5.87. The van der Waals surface area contributed by atoms with E-state index in [1.807, 2.05) is 54.6 Å². The van der Waals surface area contributed by atoms with Gasteiger partial charge in [-0.3, -0.25) is 9.36 Å². The van der Waals surface area contributed by atoms with E-state index in [2.05, 4.69) is 6.58 Å². The molecule has 0 radical (unpaired) electrons. The number of esters is 1. The molecule has 0 amide bonds. The van der Waals surface area contributed by atoms with Crippen LogP contribution in [0.15, 0.2) is 107 Å². The third-order valence-electron chi connectivity index (χ3n) is 6.12. The summed E-state index contributed by atoms with van der Waals surface area (Å²) in [6.07, 6.45) is 3.40. The van der Waals surface area contributed by atoms with Crippen molar-refractivity contribution in [1.29, 1.82) is 0 Å². The average Bonchev–Trinajstić information content (AvgIpc) is 3.27. The highest BCUT2D eigenvalue weighted by Gasteiger charge is 2.35. The summed E-state index contributed by atoms with van der Waals surface area (Å²) in [5.41, 5.74) is 2.27. The fourth-order valence-corrected chi connectivity index (χ4v) is 5.41. The third kappa shape index (κ3) is 5.24. The number of ether oxygens (including phenoxy) is 2. The molecule has 0 spiro atoms. The Hall–Kier alpha value is -4.56. The summed E-state index contributed by atoms with van der Waals surface area (Å²) in [7, 11) is 0. The molecular weight excluding hydrogens is 515 g/mol. The minimum absolute atomic E-state index is 0.145. The van der Waals surface area contributed by atoms with Crippen LogP contribution in [0.5, 0.6) is 5.75 Å². The highest BCUT2D eigenvalue weighted by atomic mass is 32.1. The molecule has 1 atom stereocenters. The summed E-state index contributed by atoms with van der Waals surface area (Å²) < 4.78 is 27.0. The van der Waals surface area contributed by atoms with E-state index in [4.69, 9.17) is 14.5 Å². The van der Waals surface area contributed by atoms with Crippen LogP contribution in [-0.2, 0) is 9.53 Å². The van der Waals surface area contributed by atoms with Crippen molar-refractivity contribution in [3.63, 3.8) is 0 Å². The van der Waals surface area contributed by atoms with E-state index in [1.54, 1.807) is 31.2 Å². The summed E-state index contributed by atoms with van der Waals surface area (Å²) in [4.78, 5) is 32.6. The van der Waals surface area contributed by atoms with Crippen molar-refractivity contribution in [3.8, 4) is 5.75 Å². The van der Waals surface area contributed by atoms with E-state index >= 15 is 0 Å². The van der Waals surface area contributed by atoms with Gasteiger partial charge in [0.05, 0.1) is 28.5 Å². The molecule has 0 saturated carbocycles. The molecule has 1 aliphatic heterocycles. The SMILES string of the molecule is C=CCOc1ccccc1/C=c1/sc2n(c1=O)[C@H](c1ccc(F)cc1)C(C(=O)OCC)=C(c1ccccc1)N=2. The lowest BCUT2D eigenvalue weighted by Crippen LogP contribution is -2.40. The Morgan fingerprint density at radius 2 is 1.79 bits per heavy atom. The lowest BCUT2D eigenvalue weighted by molar-refractivity contribution is -0.138. The lowest BCUT2D eigenvalue weighted by atomic mass is 9.93. The average molecular weight is 541 g/mol. The van der Waals surface area contributed by atoms with Crippen molar-refractivity contribution >= 4 is 29.1 Å².